The number of amides is 10. The van der Waals surface area contributed by atoms with Crippen LogP contribution in [0.2, 0.25) is 0 Å². The molecule has 2 aromatic heterocycles. The fourth-order valence-corrected chi connectivity index (χ4v) is 10.9. The van der Waals surface area contributed by atoms with Gasteiger partial charge in [-0.3, -0.25) is 52.7 Å². The Morgan fingerprint density at radius 3 is 1.97 bits per heavy atom. The summed E-state index contributed by atoms with van der Waals surface area (Å²) in [5.74, 6) is -16.5. The molecule has 7 rings (SSSR count). The van der Waals surface area contributed by atoms with E-state index in [-0.39, 0.29) is 19.4 Å². The Balaban J connectivity index is 1.31. The number of H-pyrrole nitrogens is 2. The van der Waals surface area contributed by atoms with E-state index in [2.05, 4.69) is 52.5 Å². The Kier molecular flexibility index (Phi) is 22.8. The van der Waals surface area contributed by atoms with Crippen LogP contribution in [0.5, 0.6) is 0 Å². The third-order valence-electron chi connectivity index (χ3n) is 16.2. The van der Waals surface area contributed by atoms with Gasteiger partial charge in [-0.15, -0.1) is 0 Å². The number of aromatic nitrogens is 2. The van der Waals surface area contributed by atoms with Gasteiger partial charge in [-0.2, -0.15) is 0 Å². The van der Waals surface area contributed by atoms with Crippen LogP contribution in [0.4, 0.5) is 0 Å². The normalized spacial score (nSPS) is 27.0. The fraction of sp³-hybridized carbons (Fsp3) is 0.492. The largest absolute Gasteiger partial charge is 0.480 e. The summed E-state index contributed by atoms with van der Waals surface area (Å²) >= 11 is 0. The molecule has 2 aromatic carbocycles. The zero-order valence-electron chi connectivity index (χ0n) is 50.5. The number of rotatable bonds is 13. The van der Waals surface area contributed by atoms with Crippen LogP contribution in [0, 0.1) is 5.92 Å². The monoisotopic (exact) mass is 1270 g/mol. The number of hydrogen-bond acceptors (Lipinski definition) is 19. The van der Waals surface area contributed by atoms with Crippen LogP contribution >= 0.6 is 0 Å². The van der Waals surface area contributed by atoms with Gasteiger partial charge in [-0.05, 0) is 63.3 Å². The number of nitrogens with zero attached hydrogens (tertiary/aromatic N) is 2. The number of hydrogen-bond donors (Lipinski definition) is 17. The van der Waals surface area contributed by atoms with Crippen LogP contribution in [0.15, 0.2) is 66.6 Å². The number of aliphatic hydroxyl groups excluding tert-OH is 5. The molecule has 15 atom stereocenters. The summed E-state index contributed by atoms with van der Waals surface area (Å²) in [5, 5.41) is 85.0. The molecule has 10 amide bonds. The SMILES string of the molecule is CC1NC(=O)C(C(C)O)NC(=O)C(NC(=O)C(CO)NC(=O)CC(N)C(=O)O)C(C)OC(=O)C2C(O)CCN2C(=O)C(C(O)C(C)C)NC(=O)C(C(C)c2c[nH]c3ccccc23)NC(=O)/C(=C\c2c[nH]c3ccccc23)NC(=O)C2C(O)CCN2C(=O)CNC1=O. The molecule has 3 saturated heterocycles. The lowest BCUT2D eigenvalue weighted by Crippen LogP contribution is -2.64. The topological polar surface area (TPSA) is 496 Å². The molecule has 32 nitrogen and oxygen atoms in total. The van der Waals surface area contributed by atoms with Gasteiger partial charge in [-0.1, -0.05) is 57.2 Å². The lowest BCUT2D eigenvalue weighted by molar-refractivity contribution is -0.164. The molecule has 3 fully saturated rings. The molecule has 5 heterocycles. The lowest BCUT2D eigenvalue weighted by Gasteiger charge is -2.35. The van der Waals surface area contributed by atoms with Crippen molar-refractivity contribution in [3.63, 3.8) is 0 Å². The van der Waals surface area contributed by atoms with E-state index in [1.165, 1.54) is 26.1 Å². The van der Waals surface area contributed by atoms with E-state index in [0.29, 0.717) is 32.9 Å². The maximum atomic E-state index is 15.3. The van der Waals surface area contributed by atoms with Crippen LogP contribution < -0.4 is 48.3 Å². The highest BCUT2D eigenvalue weighted by Gasteiger charge is 2.49. The minimum absolute atomic E-state index is 0.153. The molecule has 4 aromatic rings. The summed E-state index contributed by atoms with van der Waals surface area (Å²) in [6, 6.07) is -2.95. The first-order valence-corrected chi connectivity index (χ1v) is 29.4. The van der Waals surface area contributed by atoms with Crippen LogP contribution in [-0.4, -0.2) is 233 Å². The van der Waals surface area contributed by atoms with Gasteiger partial charge < -0.3 is 103 Å². The predicted octanol–water partition coefficient (Wildman–Crippen LogP) is -4.98. The number of fused-ring (bicyclic) bond motifs is 4. The third kappa shape index (κ3) is 16.2. The van der Waals surface area contributed by atoms with Crippen molar-refractivity contribution in [3.8, 4) is 0 Å². The number of aliphatic carboxylic acids is 1. The minimum atomic E-state index is -2.19. The molecule has 18 N–H and O–H groups in total. The highest BCUT2D eigenvalue weighted by molar-refractivity contribution is 6.07. The lowest BCUT2D eigenvalue weighted by atomic mass is 9.91. The first-order valence-electron chi connectivity index (χ1n) is 29.4. The van der Waals surface area contributed by atoms with Gasteiger partial charge in [0.05, 0.1) is 44.0 Å². The Bertz CT molecular complexity index is 3460. The van der Waals surface area contributed by atoms with E-state index in [1.54, 1.807) is 61.7 Å². The van der Waals surface area contributed by atoms with Gasteiger partial charge in [-0.25, -0.2) is 4.79 Å². The van der Waals surface area contributed by atoms with Crippen LogP contribution in [-0.2, 0) is 62.3 Å². The van der Waals surface area contributed by atoms with E-state index < -0.39 is 200 Å². The molecule has 0 aliphatic carbocycles. The number of aliphatic hydroxyl groups is 5. The number of nitrogens with two attached hydrogens (primary N) is 1. The number of aromatic amines is 2. The second-order valence-corrected chi connectivity index (χ2v) is 23.1. The van der Waals surface area contributed by atoms with Crippen LogP contribution in [0.1, 0.15) is 77.8 Å². The Hall–Kier alpha value is -9.34. The zero-order chi connectivity index (χ0) is 66.9. The number of carbonyl (C=O) groups is 12. The first kappa shape index (κ1) is 69.1. The van der Waals surface area contributed by atoms with Gasteiger partial charge in [0.15, 0.2) is 6.04 Å². The number of esters is 1. The molecule has 0 radical (unpaired) electrons. The van der Waals surface area contributed by atoms with Gasteiger partial charge in [0.1, 0.15) is 60.1 Å². The number of para-hydroxylation sites is 2. The van der Waals surface area contributed by atoms with E-state index >= 15 is 14.4 Å². The maximum Gasteiger partial charge on any atom is 0.331 e. The second-order valence-electron chi connectivity index (χ2n) is 23.1. The van der Waals surface area contributed by atoms with Crippen molar-refractivity contribution in [2.24, 2.45) is 11.7 Å². The summed E-state index contributed by atoms with van der Waals surface area (Å²) in [4.78, 5) is 176. The molecule has 3 aliphatic heterocycles. The van der Waals surface area contributed by atoms with E-state index in [4.69, 9.17) is 10.5 Å². The molecule has 15 unspecified atom stereocenters. The number of cyclic esters (lactones) is 1. The minimum Gasteiger partial charge on any atom is -0.480 e. The molecule has 0 saturated carbocycles. The molecular weight excluding hydrogens is 1190 g/mol. The van der Waals surface area contributed by atoms with E-state index in [1.807, 2.05) is 0 Å². The average molecular weight is 1270 g/mol. The van der Waals surface area contributed by atoms with Gasteiger partial charge >= 0.3 is 11.9 Å². The predicted molar refractivity (Wildman–Crippen MR) is 319 cm³/mol. The number of benzene rings is 2. The maximum absolute atomic E-state index is 15.3. The standard InChI is InChI=1S/C59H77N13O19/c1-25(2)49(79)46-57(87)72-18-16-40(76)48(72)59(90)91-29(6)45(69-52(82)38(24-73)65-41(77)20-34(60)58(88)89)55(85)68-44(28(5)74)54(84)64-27(4)50(80)63-23-42(78)71-17-15-39(75)47(71)56(86)66-37(19-30-21-61-35-13-9-7-11-31(30)35)51(81)67-43(53(83)70-46)26(3)33-22-62-36-14-10-8-12-32(33)36/h7-14,19,21-22,25-29,34,38-40,43-49,61-62,73-76,79H,15-18,20,23-24,60H2,1-6H3,(H,63,80)(H,64,84)(H,65,77)(H,66,86)(H,67,81)(H,68,85)(H,69,82)(H,70,83)(H,88,89)/b37-19+. The number of carboxylic acid groups (broad SMARTS) is 1. The van der Waals surface area contributed by atoms with Crippen molar-refractivity contribution in [1.82, 2.24) is 62.3 Å². The number of carbonyl (C=O) groups excluding carboxylic acids is 11. The third-order valence-corrected chi connectivity index (χ3v) is 16.2. The van der Waals surface area contributed by atoms with E-state index in [0.717, 1.165) is 30.6 Å². The Morgan fingerprint density at radius 1 is 0.736 bits per heavy atom. The van der Waals surface area contributed by atoms with E-state index in [9.17, 15) is 73.8 Å². The first-order chi connectivity index (χ1) is 43.0. The van der Waals surface area contributed by atoms with Gasteiger partial charge in [0, 0.05) is 58.8 Å². The smallest absolute Gasteiger partial charge is 0.331 e. The van der Waals surface area contributed by atoms with Crippen molar-refractivity contribution in [2.45, 2.75) is 152 Å². The molecule has 0 bridgehead atoms. The molecular formula is C59H77N13O19. The summed E-state index contributed by atoms with van der Waals surface area (Å²) in [7, 11) is 0. The highest BCUT2D eigenvalue weighted by Crippen LogP contribution is 2.30. The summed E-state index contributed by atoms with van der Waals surface area (Å²) in [6.45, 7) is 5.13. The van der Waals surface area contributed by atoms with Gasteiger partial charge in [0.2, 0.25) is 53.2 Å². The van der Waals surface area contributed by atoms with Crippen molar-refractivity contribution < 1.29 is 92.9 Å². The molecule has 492 valence electrons. The summed E-state index contributed by atoms with van der Waals surface area (Å²) < 4.78 is 5.70. The summed E-state index contributed by atoms with van der Waals surface area (Å²) in [6.07, 6.45) is -5.75. The van der Waals surface area contributed by atoms with Crippen molar-refractivity contribution in [2.75, 3.05) is 26.2 Å². The average Bonchev–Trinajstić information content (AvgIpc) is 1.88. The highest BCUT2D eigenvalue weighted by atomic mass is 16.5. The summed E-state index contributed by atoms with van der Waals surface area (Å²) in [5.41, 5.74) is 7.01. The fourth-order valence-electron chi connectivity index (χ4n) is 10.9. The molecule has 0 spiro atoms. The molecule has 3 aliphatic rings. The number of nitrogens with one attached hydrogen (secondary N) is 10. The zero-order valence-corrected chi connectivity index (χ0v) is 50.5. The van der Waals surface area contributed by atoms with Crippen LogP contribution in [0.25, 0.3) is 27.9 Å². The quantitative estimate of drug-likeness (QED) is 0.0440. The number of ether oxygens (including phenoxy) is 1. The van der Waals surface area contributed by atoms with Gasteiger partial charge in [0.25, 0.3) is 5.91 Å². The Labute approximate surface area is 519 Å². The van der Waals surface area contributed by atoms with Crippen molar-refractivity contribution in [1.29, 1.82) is 0 Å². The molecule has 91 heavy (non-hydrogen) atoms. The number of carboxylic acids is 1. The van der Waals surface area contributed by atoms with Crippen molar-refractivity contribution >= 4 is 98.9 Å². The molecule has 32 heteroatoms. The van der Waals surface area contributed by atoms with Crippen LogP contribution in [0.3, 0.4) is 0 Å². The van der Waals surface area contributed by atoms with Crippen molar-refractivity contribution in [3.05, 3.63) is 77.7 Å². The second kappa shape index (κ2) is 30.0. The Morgan fingerprint density at radius 2 is 1.33 bits per heavy atom.